The number of fused-ring (bicyclic) bond motifs is 1. The molecular formula is C15H12NO+. The Labute approximate surface area is 99.0 Å². The molecule has 3 rings (SSSR count). The molecule has 0 amide bonds. The highest BCUT2D eigenvalue weighted by atomic mass is 16.3. The van der Waals surface area contributed by atoms with Crippen LogP contribution in [-0.4, -0.2) is 0 Å². The Balaban J connectivity index is 2.21. The van der Waals surface area contributed by atoms with Crippen LogP contribution in [0.15, 0.2) is 65.1 Å². The zero-order valence-corrected chi connectivity index (χ0v) is 9.26. The van der Waals surface area contributed by atoms with E-state index in [-0.39, 0.29) is 0 Å². The molecule has 0 saturated carbocycles. The molecule has 0 radical (unpaired) electrons. The van der Waals surface area contributed by atoms with Gasteiger partial charge in [0.15, 0.2) is 5.36 Å². The molecule has 2 heteroatoms. The third-order valence-corrected chi connectivity index (χ3v) is 2.73. The summed E-state index contributed by atoms with van der Waals surface area (Å²) >= 11 is 0. The summed E-state index contributed by atoms with van der Waals surface area (Å²) < 4.78 is 5.85. The predicted molar refractivity (Wildman–Crippen MR) is 65.8 cm³/mol. The number of hydrogen-bond donors (Lipinski definition) is 1. The molecule has 1 aliphatic heterocycles. The third kappa shape index (κ3) is 1.85. The van der Waals surface area contributed by atoms with Gasteiger partial charge in [-0.3, -0.25) is 5.41 Å². The van der Waals surface area contributed by atoms with Crippen LogP contribution in [0.5, 0.6) is 0 Å². The van der Waals surface area contributed by atoms with E-state index in [1.54, 1.807) is 0 Å². The molecule has 0 bridgehead atoms. The van der Waals surface area contributed by atoms with Crippen LogP contribution < -0.4 is 10.8 Å². The minimum atomic E-state index is 0.714. The molecule has 0 fully saturated rings. The lowest BCUT2D eigenvalue weighted by atomic mass is 10.1. The van der Waals surface area contributed by atoms with Gasteiger partial charge in [0.25, 0.3) is 0 Å². The predicted octanol–water partition coefficient (Wildman–Crippen LogP) is 1.71. The molecule has 0 saturated heterocycles. The fourth-order valence-electron chi connectivity index (χ4n) is 1.85. The van der Waals surface area contributed by atoms with Crippen LogP contribution in [0.1, 0.15) is 0 Å². The summed E-state index contributed by atoms with van der Waals surface area (Å²) in [4.78, 5) is 0. The maximum atomic E-state index is 5.85. The van der Waals surface area contributed by atoms with Crippen molar-refractivity contribution in [3.05, 3.63) is 66.0 Å². The first-order valence-electron chi connectivity index (χ1n) is 5.51. The second-order valence-corrected chi connectivity index (χ2v) is 3.96. The average Bonchev–Trinajstić information content (AvgIpc) is 2.39. The highest BCUT2D eigenvalue weighted by Crippen LogP contribution is 2.27. The van der Waals surface area contributed by atoms with Gasteiger partial charge in [0.05, 0.1) is 6.07 Å². The van der Waals surface area contributed by atoms with Crippen molar-refractivity contribution in [3.63, 3.8) is 0 Å². The molecule has 1 aliphatic carbocycles. The van der Waals surface area contributed by atoms with E-state index in [0.717, 1.165) is 22.6 Å². The summed E-state index contributed by atoms with van der Waals surface area (Å²) in [6, 6.07) is 19.7. The van der Waals surface area contributed by atoms with Gasteiger partial charge < -0.3 is 4.42 Å². The van der Waals surface area contributed by atoms with Crippen LogP contribution in [0.25, 0.3) is 22.6 Å². The van der Waals surface area contributed by atoms with Crippen molar-refractivity contribution >= 4 is 0 Å². The quantitative estimate of drug-likeness (QED) is 0.669. The summed E-state index contributed by atoms with van der Waals surface area (Å²) in [6.07, 6.45) is 0. The first-order chi connectivity index (χ1) is 8.33. The van der Waals surface area contributed by atoms with E-state index < -0.39 is 0 Å². The van der Waals surface area contributed by atoms with E-state index >= 15 is 0 Å². The van der Waals surface area contributed by atoms with Crippen molar-refractivity contribution in [2.75, 3.05) is 0 Å². The maximum Gasteiger partial charge on any atom is 0.200 e. The Morgan fingerprint density at radius 1 is 0.706 bits per heavy atom. The molecule has 1 aromatic carbocycles. The minimum absolute atomic E-state index is 0.714. The Hall–Kier alpha value is -2.35. The summed E-state index contributed by atoms with van der Waals surface area (Å²) in [6.45, 7) is 0. The molecule has 2 nitrogen and oxygen atoms in total. The Morgan fingerprint density at radius 2 is 1.41 bits per heavy atom. The standard InChI is InChI=1S/C15H11NO/c16-13-8-6-12-7-9-14(17-15(12)10-13)11-4-2-1-3-5-11/h1-10,16H/p+1. The Bertz CT molecular complexity index is 670. The molecular weight excluding hydrogens is 210 g/mol. The molecule has 17 heavy (non-hydrogen) atoms. The highest BCUT2D eigenvalue weighted by Gasteiger charge is 2.07. The van der Waals surface area contributed by atoms with Gasteiger partial charge in [-0.2, -0.15) is 0 Å². The topological polar surface area (TPSA) is 38.7 Å². The van der Waals surface area contributed by atoms with Crippen molar-refractivity contribution in [1.82, 2.24) is 0 Å². The third-order valence-electron chi connectivity index (χ3n) is 2.73. The van der Waals surface area contributed by atoms with Crippen molar-refractivity contribution in [3.8, 4) is 22.6 Å². The lowest BCUT2D eigenvalue weighted by molar-refractivity contribution is -0.172. The van der Waals surface area contributed by atoms with Gasteiger partial charge in [0, 0.05) is 17.2 Å². The maximum absolute atomic E-state index is 5.85. The molecule has 2 aliphatic rings. The second kappa shape index (κ2) is 3.91. The zero-order valence-electron chi connectivity index (χ0n) is 9.26. The monoisotopic (exact) mass is 222 g/mol. The lowest BCUT2D eigenvalue weighted by Crippen LogP contribution is -2.44. The van der Waals surface area contributed by atoms with Crippen molar-refractivity contribution in [2.24, 2.45) is 0 Å². The molecule has 0 atom stereocenters. The average molecular weight is 222 g/mol. The second-order valence-electron chi connectivity index (χ2n) is 3.96. The van der Waals surface area contributed by atoms with Crippen molar-refractivity contribution in [1.29, 1.82) is 0 Å². The fraction of sp³-hybridized carbons (Fsp3) is 0. The SMILES string of the molecule is [NH2+]=c1ccc2ccc(-c3ccccc3)oc-2c1. The minimum Gasteiger partial charge on any atom is -0.456 e. The number of nitrogens with two attached hydrogens (primary N) is 1. The molecule has 2 N–H and O–H groups in total. The van der Waals surface area contributed by atoms with E-state index in [1.807, 2.05) is 60.7 Å². The summed E-state index contributed by atoms with van der Waals surface area (Å²) in [5.41, 5.74) is 2.12. The van der Waals surface area contributed by atoms with E-state index in [2.05, 4.69) is 0 Å². The van der Waals surface area contributed by atoms with E-state index in [0.29, 0.717) is 5.36 Å². The van der Waals surface area contributed by atoms with Crippen LogP contribution >= 0.6 is 0 Å². The smallest absolute Gasteiger partial charge is 0.200 e. The number of hydrogen-bond acceptors (Lipinski definition) is 1. The van der Waals surface area contributed by atoms with Crippen LogP contribution in [0.4, 0.5) is 0 Å². The van der Waals surface area contributed by atoms with E-state index in [4.69, 9.17) is 9.83 Å². The van der Waals surface area contributed by atoms with Gasteiger partial charge in [-0.1, -0.05) is 30.3 Å². The molecule has 1 aromatic rings. The first-order valence-corrected chi connectivity index (χ1v) is 5.51. The van der Waals surface area contributed by atoms with Gasteiger partial charge >= 0.3 is 0 Å². The fourth-order valence-corrected chi connectivity index (χ4v) is 1.85. The summed E-state index contributed by atoms with van der Waals surface area (Å²) in [7, 11) is 0. The molecule has 1 heterocycles. The Kier molecular flexibility index (Phi) is 2.26. The molecule has 82 valence electrons. The summed E-state index contributed by atoms with van der Waals surface area (Å²) in [5.74, 6) is 1.66. The number of rotatable bonds is 1. The van der Waals surface area contributed by atoms with Gasteiger partial charge in [-0.05, 0) is 18.2 Å². The van der Waals surface area contributed by atoms with Crippen molar-refractivity contribution < 1.29 is 9.83 Å². The van der Waals surface area contributed by atoms with E-state index in [1.165, 1.54) is 0 Å². The van der Waals surface area contributed by atoms with Crippen LogP contribution in [0, 0.1) is 0 Å². The lowest BCUT2D eigenvalue weighted by Gasteiger charge is -2.06. The van der Waals surface area contributed by atoms with Crippen LogP contribution in [0.2, 0.25) is 0 Å². The highest BCUT2D eigenvalue weighted by molar-refractivity contribution is 5.64. The van der Waals surface area contributed by atoms with Crippen molar-refractivity contribution in [2.45, 2.75) is 0 Å². The molecule has 0 spiro atoms. The molecule has 0 aromatic heterocycles. The normalized spacial score (nSPS) is 10.6. The van der Waals surface area contributed by atoms with Crippen LogP contribution in [0.3, 0.4) is 0 Å². The summed E-state index contributed by atoms with van der Waals surface area (Å²) in [5, 5.41) is 6.47. The zero-order chi connectivity index (χ0) is 11.7. The van der Waals surface area contributed by atoms with Gasteiger partial charge in [0.2, 0.25) is 0 Å². The van der Waals surface area contributed by atoms with Crippen LogP contribution in [-0.2, 0) is 0 Å². The molecule has 0 unspecified atom stereocenters. The largest absolute Gasteiger partial charge is 0.456 e. The van der Waals surface area contributed by atoms with Gasteiger partial charge in [-0.15, -0.1) is 0 Å². The van der Waals surface area contributed by atoms with Gasteiger partial charge in [0.1, 0.15) is 11.5 Å². The Morgan fingerprint density at radius 3 is 2.24 bits per heavy atom. The van der Waals surface area contributed by atoms with E-state index in [9.17, 15) is 0 Å². The van der Waals surface area contributed by atoms with Gasteiger partial charge in [-0.25, -0.2) is 0 Å². The first kappa shape index (κ1) is 9.85. The number of benzene rings is 2.